The van der Waals surface area contributed by atoms with Gasteiger partial charge in [-0.1, -0.05) is 0 Å². The molecule has 6 nitrogen and oxygen atoms in total. The van der Waals surface area contributed by atoms with Crippen molar-refractivity contribution in [2.24, 2.45) is 0 Å². The number of carbonyl (C=O) groups is 2. The van der Waals surface area contributed by atoms with Gasteiger partial charge in [0.25, 0.3) is 0 Å². The maximum atomic E-state index is 11.7. The van der Waals surface area contributed by atoms with E-state index in [9.17, 15) is 18.0 Å². The highest BCUT2D eigenvalue weighted by Gasteiger charge is 2.29. The molecule has 0 saturated carbocycles. The molecule has 1 saturated heterocycles. The zero-order chi connectivity index (χ0) is 12.2. The summed E-state index contributed by atoms with van der Waals surface area (Å²) in [4.78, 5) is 22.0. The quantitative estimate of drug-likeness (QED) is 0.630. The molecule has 0 aliphatic carbocycles. The third kappa shape index (κ3) is 3.57. The van der Waals surface area contributed by atoms with E-state index in [-0.39, 0.29) is 38.3 Å². The molecule has 1 aliphatic rings. The summed E-state index contributed by atoms with van der Waals surface area (Å²) in [6, 6.07) is 0. The van der Waals surface area contributed by atoms with E-state index < -0.39 is 21.7 Å². The van der Waals surface area contributed by atoms with Gasteiger partial charge in [-0.15, -0.1) is 0 Å². The first-order valence-corrected chi connectivity index (χ1v) is 6.72. The topological polar surface area (TPSA) is 80.8 Å². The van der Waals surface area contributed by atoms with Gasteiger partial charge in [0.2, 0.25) is 10.0 Å². The summed E-state index contributed by atoms with van der Waals surface area (Å²) in [6.07, 6.45) is 0.449. The van der Waals surface area contributed by atoms with Crippen LogP contribution in [-0.2, 0) is 24.3 Å². The lowest BCUT2D eigenvalue weighted by Gasteiger charge is -2.24. The van der Waals surface area contributed by atoms with Crippen LogP contribution in [0.5, 0.6) is 0 Å². The van der Waals surface area contributed by atoms with Crippen LogP contribution in [0.3, 0.4) is 0 Å². The van der Waals surface area contributed by atoms with Crippen LogP contribution < -0.4 is 0 Å². The largest absolute Gasteiger partial charge is 0.465 e. The Morgan fingerprint density at radius 1 is 1.38 bits per heavy atom. The molecule has 16 heavy (non-hydrogen) atoms. The Hall–Kier alpha value is -0.950. The summed E-state index contributed by atoms with van der Waals surface area (Å²) in [7, 11) is -3.62. The second kappa shape index (κ2) is 5.40. The van der Waals surface area contributed by atoms with E-state index in [1.54, 1.807) is 6.92 Å². The van der Waals surface area contributed by atoms with E-state index in [2.05, 4.69) is 4.74 Å². The molecule has 0 amide bonds. The zero-order valence-electron chi connectivity index (χ0n) is 9.14. The Kier molecular flexibility index (Phi) is 4.43. The fourth-order valence-corrected chi connectivity index (χ4v) is 2.76. The number of piperidine rings is 1. The van der Waals surface area contributed by atoms with Gasteiger partial charge in [0.15, 0.2) is 5.75 Å². The van der Waals surface area contributed by atoms with E-state index in [0.29, 0.717) is 0 Å². The predicted octanol–water partition coefficient (Wildman–Crippen LogP) is -0.456. The first-order chi connectivity index (χ1) is 7.45. The second-order valence-electron chi connectivity index (χ2n) is 3.50. The standard InChI is InChI=1S/C9H15NO5S/c1-2-15-9(12)7-16(13,14)10-5-3-8(11)4-6-10/h2-7H2,1H3. The highest BCUT2D eigenvalue weighted by molar-refractivity contribution is 7.89. The first kappa shape index (κ1) is 13.1. The lowest BCUT2D eigenvalue weighted by atomic mass is 10.1. The molecular weight excluding hydrogens is 234 g/mol. The third-order valence-electron chi connectivity index (χ3n) is 2.28. The summed E-state index contributed by atoms with van der Waals surface area (Å²) < 4.78 is 29.1. The number of hydrogen-bond acceptors (Lipinski definition) is 5. The summed E-state index contributed by atoms with van der Waals surface area (Å²) in [5.41, 5.74) is 0. The number of ether oxygens (including phenoxy) is 1. The predicted molar refractivity (Wildman–Crippen MR) is 56.2 cm³/mol. The number of esters is 1. The normalized spacial score (nSPS) is 18.4. The smallest absolute Gasteiger partial charge is 0.322 e. The van der Waals surface area contributed by atoms with Crippen LogP contribution in [0.1, 0.15) is 19.8 Å². The van der Waals surface area contributed by atoms with Crippen molar-refractivity contribution in [1.29, 1.82) is 0 Å². The minimum atomic E-state index is -3.62. The number of hydrogen-bond donors (Lipinski definition) is 0. The van der Waals surface area contributed by atoms with E-state index >= 15 is 0 Å². The zero-order valence-corrected chi connectivity index (χ0v) is 9.96. The number of sulfonamides is 1. The molecule has 1 aliphatic heterocycles. The number of carbonyl (C=O) groups excluding carboxylic acids is 2. The van der Waals surface area contributed by atoms with Crippen molar-refractivity contribution < 1.29 is 22.7 Å². The van der Waals surface area contributed by atoms with Crippen LogP contribution in [0.15, 0.2) is 0 Å². The summed E-state index contributed by atoms with van der Waals surface area (Å²) in [5.74, 6) is -1.34. The third-order valence-corrected chi connectivity index (χ3v) is 4.03. The Balaban J connectivity index is 2.57. The van der Waals surface area contributed by atoms with Crippen LogP contribution in [0.2, 0.25) is 0 Å². The highest BCUT2D eigenvalue weighted by Crippen LogP contribution is 2.11. The van der Waals surface area contributed by atoms with E-state index in [1.807, 2.05) is 0 Å². The van der Waals surface area contributed by atoms with Gasteiger partial charge >= 0.3 is 5.97 Å². The molecule has 0 spiro atoms. The Labute approximate surface area is 94.6 Å². The number of ketones is 1. The van der Waals surface area contributed by atoms with Crippen molar-refractivity contribution in [3.05, 3.63) is 0 Å². The van der Waals surface area contributed by atoms with Gasteiger partial charge in [-0.3, -0.25) is 9.59 Å². The maximum absolute atomic E-state index is 11.7. The lowest BCUT2D eigenvalue weighted by molar-refractivity contribution is -0.140. The van der Waals surface area contributed by atoms with Gasteiger partial charge < -0.3 is 4.74 Å². The number of nitrogens with zero attached hydrogens (tertiary/aromatic N) is 1. The summed E-state index contributed by atoms with van der Waals surface area (Å²) in [6.45, 7) is 2.11. The molecule has 1 heterocycles. The molecule has 92 valence electrons. The van der Waals surface area contributed by atoms with Crippen molar-refractivity contribution in [1.82, 2.24) is 4.31 Å². The molecule has 0 atom stereocenters. The number of rotatable bonds is 4. The van der Waals surface area contributed by atoms with Crippen molar-refractivity contribution in [2.75, 3.05) is 25.4 Å². The van der Waals surface area contributed by atoms with Crippen molar-refractivity contribution in [3.8, 4) is 0 Å². The molecule has 7 heteroatoms. The second-order valence-corrected chi connectivity index (χ2v) is 5.47. The SMILES string of the molecule is CCOC(=O)CS(=O)(=O)N1CCC(=O)CC1. The fourth-order valence-electron chi connectivity index (χ4n) is 1.46. The Morgan fingerprint density at radius 2 is 1.94 bits per heavy atom. The molecule has 0 bridgehead atoms. The minimum absolute atomic E-state index is 0.0579. The summed E-state index contributed by atoms with van der Waals surface area (Å²) >= 11 is 0. The average Bonchev–Trinajstić information content (AvgIpc) is 2.17. The molecule has 0 unspecified atom stereocenters. The van der Waals surface area contributed by atoms with Crippen LogP contribution in [-0.4, -0.2) is 49.9 Å². The van der Waals surface area contributed by atoms with Crippen LogP contribution >= 0.6 is 0 Å². The average molecular weight is 249 g/mol. The monoisotopic (exact) mass is 249 g/mol. The van der Waals surface area contributed by atoms with Crippen LogP contribution in [0, 0.1) is 0 Å². The summed E-state index contributed by atoms with van der Waals surface area (Å²) in [5, 5.41) is 0. The molecule has 1 fully saturated rings. The van der Waals surface area contributed by atoms with Crippen LogP contribution in [0.4, 0.5) is 0 Å². The van der Waals surface area contributed by atoms with Crippen molar-refractivity contribution >= 4 is 21.8 Å². The molecule has 0 aromatic rings. The van der Waals surface area contributed by atoms with E-state index in [1.165, 1.54) is 4.31 Å². The molecule has 0 radical (unpaired) electrons. The Bertz CT molecular complexity index is 365. The molecule has 0 aromatic carbocycles. The van der Waals surface area contributed by atoms with Gasteiger partial charge in [0.1, 0.15) is 5.78 Å². The molecule has 0 N–H and O–H groups in total. The molecule has 1 rings (SSSR count). The number of Topliss-reactive ketones (excluding diaryl/α,β-unsaturated/α-hetero) is 1. The van der Waals surface area contributed by atoms with Crippen molar-refractivity contribution in [3.63, 3.8) is 0 Å². The molecular formula is C9H15NO5S. The van der Waals surface area contributed by atoms with Crippen molar-refractivity contribution in [2.45, 2.75) is 19.8 Å². The fraction of sp³-hybridized carbons (Fsp3) is 0.778. The van der Waals surface area contributed by atoms with E-state index in [0.717, 1.165) is 0 Å². The van der Waals surface area contributed by atoms with Gasteiger partial charge in [0.05, 0.1) is 6.61 Å². The highest BCUT2D eigenvalue weighted by atomic mass is 32.2. The van der Waals surface area contributed by atoms with Gasteiger partial charge in [-0.05, 0) is 6.92 Å². The van der Waals surface area contributed by atoms with Gasteiger partial charge in [-0.2, -0.15) is 0 Å². The molecule has 0 aromatic heterocycles. The maximum Gasteiger partial charge on any atom is 0.322 e. The Morgan fingerprint density at radius 3 is 2.44 bits per heavy atom. The van der Waals surface area contributed by atoms with Gasteiger partial charge in [-0.25, -0.2) is 12.7 Å². The van der Waals surface area contributed by atoms with Gasteiger partial charge in [0, 0.05) is 25.9 Å². The van der Waals surface area contributed by atoms with Crippen LogP contribution in [0.25, 0.3) is 0 Å². The first-order valence-electron chi connectivity index (χ1n) is 5.11. The lowest BCUT2D eigenvalue weighted by Crippen LogP contribution is -2.41. The minimum Gasteiger partial charge on any atom is -0.465 e. The van der Waals surface area contributed by atoms with E-state index in [4.69, 9.17) is 0 Å².